The van der Waals surface area contributed by atoms with Gasteiger partial charge in [-0.1, -0.05) is 36.4 Å². The first-order valence-electron chi connectivity index (χ1n) is 9.17. The molecule has 2 N–H and O–H groups in total. The Bertz CT molecular complexity index is 1080. The second kappa shape index (κ2) is 10.8. The highest BCUT2D eigenvalue weighted by Crippen LogP contribution is 2.26. The number of anilines is 1. The van der Waals surface area contributed by atoms with Crippen molar-refractivity contribution in [3.05, 3.63) is 94.0 Å². The molecule has 150 valence electrons. The molecule has 0 aliphatic carbocycles. The highest BCUT2D eigenvalue weighted by molar-refractivity contribution is 9.10. The monoisotopic (exact) mass is 462 g/mol. The molecule has 3 rings (SSSR count). The highest BCUT2D eigenvalue weighted by Gasteiger charge is 2.06. The van der Waals surface area contributed by atoms with Crippen LogP contribution in [0, 0.1) is 11.3 Å². The van der Waals surface area contributed by atoms with Crippen LogP contribution < -0.4 is 15.5 Å². The summed E-state index contributed by atoms with van der Waals surface area (Å²) >= 11 is 3.48. The van der Waals surface area contributed by atoms with Crippen LogP contribution in [0.4, 0.5) is 5.69 Å². The Balaban J connectivity index is 1.51. The van der Waals surface area contributed by atoms with E-state index in [0.29, 0.717) is 17.9 Å². The van der Waals surface area contributed by atoms with E-state index in [1.165, 1.54) is 0 Å². The summed E-state index contributed by atoms with van der Waals surface area (Å²) in [4.78, 5) is 11.9. The van der Waals surface area contributed by atoms with Gasteiger partial charge in [0, 0.05) is 11.3 Å². The zero-order chi connectivity index (χ0) is 21.2. The number of nitrogens with zero attached hydrogens (tertiary/aromatic N) is 2. The molecule has 7 heteroatoms. The van der Waals surface area contributed by atoms with Gasteiger partial charge in [0.2, 0.25) is 0 Å². The van der Waals surface area contributed by atoms with Crippen LogP contribution >= 0.6 is 15.9 Å². The maximum atomic E-state index is 11.9. The number of hydrogen-bond donors (Lipinski definition) is 2. The molecule has 0 heterocycles. The highest BCUT2D eigenvalue weighted by atomic mass is 79.9. The minimum atomic E-state index is -0.245. The van der Waals surface area contributed by atoms with Gasteiger partial charge in [-0.15, -0.1) is 0 Å². The average Bonchev–Trinajstić information content (AvgIpc) is 2.78. The first-order chi connectivity index (χ1) is 14.7. The molecule has 0 aliphatic rings. The molecular weight excluding hydrogens is 444 g/mol. The van der Waals surface area contributed by atoms with E-state index in [-0.39, 0.29) is 12.5 Å². The number of nitrogens with one attached hydrogen (secondary N) is 2. The SMILES string of the molecule is N#Cc1ccccc1COc1ccc(/C=N\NC(=O)CNc2ccccc2)cc1Br. The molecule has 3 aromatic rings. The van der Waals surface area contributed by atoms with Gasteiger partial charge in [-0.2, -0.15) is 10.4 Å². The molecule has 30 heavy (non-hydrogen) atoms. The van der Waals surface area contributed by atoms with Crippen molar-refractivity contribution in [3.63, 3.8) is 0 Å². The molecule has 6 nitrogen and oxygen atoms in total. The Hall–Kier alpha value is -3.63. The third-order valence-corrected chi connectivity index (χ3v) is 4.73. The maximum absolute atomic E-state index is 11.9. The first kappa shape index (κ1) is 21.1. The van der Waals surface area contributed by atoms with E-state index in [0.717, 1.165) is 21.3 Å². The van der Waals surface area contributed by atoms with Crippen molar-refractivity contribution >= 4 is 33.7 Å². The van der Waals surface area contributed by atoms with Gasteiger partial charge >= 0.3 is 0 Å². The summed E-state index contributed by atoms with van der Waals surface area (Å²) in [6.07, 6.45) is 1.56. The summed E-state index contributed by atoms with van der Waals surface area (Å²) in [6.45, 7) is 0.419. The molecule has 0 bridgehead atoms. The average molecular weight is 463 g/mol. The van der Waals surface area contributed by atoms with Gasteiger partial charge in [0.05, 0.1) is 28.9 Å². The molecule has 0 saturated carbocycles. The Kier molecular flexibility index (Phi) is 7.58. The third kappa shape index (κ3) is 6.19. The molecule has 0 saturated heterocycles. The predicted octanol–water partition coefficient (Wildman–Crippen LogP) is 4.46. The van der Waals surface area contributed by atoms with Gasteiger partial charge in [0.25, 0.3) is 5.91 Å². The molecule has 0 fully saturated rings. The molecule has 0 atom stereocenters. The van der Waals surface area contributed by atoms with Crippen molar-refractivity contribution in [1.82, 2.24) is 5.43 Å². The van der Waals surface area contributed by atoms with E-state index in [2.05, 4.69) is 37.8 Å². The third-order valence-electron chi connectivity index (χ3n) is 4.11. The van der Waals surface area contributed by atoms with E-state index in [1.54, 1.807) is 18.3 Å². The van der Waals surface area contributed by atoms with Gasteiger partial charge < -0.3 is 10.1 Å². The van der Waals surface area contributed by atoms with Crippen LogP contribution in [0.5, 0.6) is 5.75 Å². The maximum Gasteiger partial charge on any atom is 0.259 e. The van der Waals surface area contributed by atoms with Crippen LogP contribution in [-0.2, 0) is 11.4 Å². The van der Waals surface area contributed by atoms with Crippen LogP contribution in [0.15, 0.2) is 82.4 Å². The summed E-state index contributed by atoms with van der Waals surface area (Å²) in [5.74, 6) is 0.404. The summed E-state index contributed by atoms with van der Waals surface area (Å²) in [6, 6.07) is 24.4. The summed E-state index contributed by atoms with van der Waals surface area (Å²) < 4.78 is 6.56. The van der Waals surface area contributed by atoms with Gasteiger partial charge in [-0.3, -0.25) is 4.79 Å². The van der Waals surface area contributed by atoms with Gasteiger partial charge in [-0.05, 0) is 57.9 Å². The summed E-state index contributed by atoms with van der Waals surface area (Å²) in [5.41, 5.74) is 5.57. The fourth-order valence-electron chi connectivity index (χ4n) is 2.58. The number of amides is 1. The standard InChI is InChI=1S/C23H19BrN4O2/c24-21-12-17(14-27-28-23(29)15-26-20-8-2-1-3-9-20)10-11-22(21)30-16-19-7-5-4-6-18(19)13-25/h1-12,14,26H,15-16H2,(H,28,29)/b27-14-. The van der Waals surface area contributed by atoms with Crippen molar-refractivity contribution in [2.24, 2.45) is 5.10 Å². The van der Waals surface area contributed by atoms with Gasteiger partial charge in [-0.25, -0.2) is 5.43 Å². The Labute approximate surface area is 183 Å². The van der Waals surface area contributed by atoms with Crippen molar-refractivity contribution in [2.45, 2.75) is 6.61 Å². The van der Waals surface area contributed by atoms with Crippen LogP contribution in [0.3, 0.4) is 0 Å². The lowest BCUT2D eigenvalue weighted by Crippen LogP contribution is -2.25. The summed E-state index contributed by atoms with van der Waals surface area (Å²) in [7, 11) is 0. The molecular formula is C23H19BrN4O2. The minimum Gasteiger partial charge on any atom is -0.488 e. The van der Waals surface area contributed by atoms with E-state index >= 15 is 0 Å². The van der Waals surface area contributed by atoms with Crippen molar-refractivity contribution in [1.29, 1.82) is 5.26 Å². The lowest BCUT2D eigenvalue weighted by molar-refractivity contribution is -0.119. The zero-order valence-electron chi connectivity index (χ0n) is 16.0. The first-order valence-corrected chi connectivity index (χ1v) is 9.96. The second-order valence-electron chi connectivity index (χ2n) is 6.26. The largest absolute Gasteiger partial charge is 0.488 e. The van der Waals surface area contributed by atoms with Crippen LogP contribution in [0.1, 0.15) is 16.7 Å². The van der Waals surface area contributed by atoms with E-state index in [4.69, 9.17) is 10.00 Å². The number of hydrogen-bond acceptors (Lipinski definition) is 5. The van der Waals surface area contributed by atoms with E-state index < -0.39 is 0 Å². The molecule has 0 unspecified atom stereocenters. The van der Waals surface area contributed by atoms with Crippen LogP contribution in [-0.4, -0.2) is 18.7 Å². The van der Waals surface area contributed by atoms with Crippen molar-refractivity contribution < 1.29 is 9.53 Å². The van der Waals surface area contributed by atoms with Crippen LogP contribution in [0.2, 0.25) is 0 Å². The lowest BCUT2D eigenvalue weighted by Gasteiger charge is -2.10. The number of ether oxygens (including phenoxy) is 1. The fourth-order valence-corrected chi connectivity index (χ4v) is 3.09. The van der Waals surface area contributed by atoms with E-state index in [1.807, 2.05) is 60.7 Å². The van der Waals surface area contributed by atoms with Crippen molar-refractivity contribution in [3.8, 4) is 11.8 Å². The number of carbonyl (C=O) groups excluding carboxylic acids is 1. The Morgan fingerprint density at radius 2 is 1.87 bits per heavy atom. The molecule has 3 aromatic carbocycles. The normalized spacial score (nSPS) is 10.4. The minimum absolute atomic E-state index is 0.127. The molecule has 1 amide bonds. The zero-order valence-corrected chi connectivity index (χ0v) is 17.6. The van der Waals surface area contributed by atoms with E-state index in [9.17, 15) is 4.79 Å². The number of hydrazone groups is 1. The number of nitriles is 1. The molecule has 0 radical (unpaired) electrons. The molecule has 0 aromatic heterocycles. The second-order valence-corrected chi connectivity index (χ2v) is 7.11. The van der Waals surface area contributed by atoms with Gasteiger partial charge in [0.15, 0.2) is 0 Å². The predicted molar refractivity (Wildman–Crippen MR) is 120 cm³/mol. The number of benzene rings is 3. The smallest absolute Gasteiger partial charge is 0.259 e. The lowest BCUT2D eigenvalue weighted by atomic mass is 10.1. The fraction of sp³-hybridized carbons (Fsp3) is 0.0870. The van der Waals surface area contributed by atoms with Crippen LogP contribution in [0.25, 0.3) is 0 Å². The number of carbonyl (C=O) groups is 1. The number of halogens is 1. The summed E-state index contributed by atoms with van der Waals surface area (Å²) in [5, 5.41) is 16.2. The quantitative estimate of drug-likeness (QED) is 0.382. The Morgan fingerprint density at radius 1 is 1.10 bits per heavy atom. The molecule has 0 aliphatic heterocycles. The molecule has 0 spiro atoms. The van der Waals surface area contributed by atoms with Crippen molar-refractivity contribution in [2.75, 3.05) is 11.9 Å². The Morgan fingerprint density at radius 3 is 2.63 bits per heavy atom. The number of para-hydroxylation sites is 1. The van der Waals surface area contributed by atoms with Gasteiger partial charge in [0.1, 0.15) is 12.4 Å². The topological polar surface area (TPSA) is 86.5 Å². The number of rotatable bonds is 8.